The Kier molecular flexibility index (Phi) is 21.5. The van der Waals surface area contributed by atoms with Gasteiger partial charge < -0.3 is 0 Å². The zero-order valence-electron chi connectivity index (χ0n) is 51.0. The number of benzene rings is 7. The lowest BCUT2D eigenvalue weighted by molar-refractivity contribution is 0.202. The lowest BCUT2D eigenvalue weighted by Crippen LogP contribution is -2.22. The average molecular weight is 1080 g/mol. The Bertz CT molecular complexity index is 3070. The fourth-order valence-electron chi connectivity index (χ4n) is 13.8. The van der Waals surface area contributed by atoms with E-state index in [2.05, 4.69) is 151 Å². The molecule has 0 radical (unpaired) electrons. The molecule has 0 spiro atoms. The van der Waals surface area contributed by atoms with Crippen molar-refractivity contribution in [3.63, 3.8) is 0 Å². The second-order valence-electron chi connectivity index (χ2n) is 26.1. The van der Waals surface area contributed by atoms with Crippen molar-refractivity contribution >= 4 is 5.57 Å². The highest BCUT2D eigenvalue weighted by Gasteiger charge is 2.28. The second-order valence-corrected chi connectivity index (χ2v) is 26.1. The fraction of sp³-hybridized carbons (Fsp3) is 0.425. The maximum atomic E-state index is 14.4. The molecule has 0 N–H and O–H groups in total. The van der Waals surface area contributed by atoms with Gasteiger partial charge >= 0.3 is 0 Å². The highest BCUT2D eigenvalue weighted by atomic mass is 19.1. The zero-order valence-corrected chi connectivity index (χ0v) is 51.0. The summed E-state index contributed by atoms with van der Waals surface area (Å²) in [6, 6.07) is 57.8. The molecule has 0 nitrogen and oxygen atoms in total. The van der Waals surface area contributed by atoms with E-state index in [4.69, 9.17) is 0 Å². The van der Waals surface area contributed by atoms with Crippen molar-refractivity contribution in [2.75, 3.05) is 0 Å². The summed E-state index contributed by atoms with van der Waals surface area (Å²) in [5.74, 6) is 7.16. The molecular formula is C80H103F. The van der Waals surface area contributed by atoms with Crippen molar-refractivity contribution < 1.29 is 8.67 Å². The van der Waals surface area contributed by atoms with Crippen LogP contribution in [-0.4, -0.2) is 0 Å². The van der Waals surface area contributed by atoms with E-state index in [9.17, 15) is 4.39 Å². The molecule has 1 heteroatoms. The van der Waals surface area contributed by atoms with Crippen molar-refractivity contribution in [3.05, 3.63) is 232 Å². The molecule has 2 unspecified atom stereocenters. The van der Waals surface area contributed by atoms with Gasteiger partial charge in [0.1, 0.15) is 5.82 Å². The van der Waals surface area contributed by atoms with Crippen LogP contribution in [0, 0.1) is 75.9 Å². The molecule has 430 valence electrons. The number of hydrogen-bond donors (Lipinski definition) is 0. The second kappa shape index (κ2) is 29.3. The number of aryl methyl sites for hydroxylation is 5. The summed E-state index contributed by atoms with van der Waals surface area (Å²) in [6.45, 7) is 17.8. The van der Waals surface area contributed by atoms with Crippen LogP contribution in [0.15, 0.2) is 182 Å². The van der Waals surface area contributed by atoms with Gasteiger partial charge in [0.2, 0.25) is 0 Å². The third-order valence-electron chi connectivity index (χ3n) is 19.6. The molecule has 7 aromatic rings. The van der Waals surface area contributed by atoms with Gasteiger partial charge in [-0.2, -0.15) is 0 Å². The summed E-state index contributed by atoms with van der Waals surface area (Å²) in [7, 11) is 0. The third-order valence-corrected chi connectivity index (χ3v) is 19.6. The summed E-state index contributed by atoms with van der Waals surface area (Å²) in [4.78, 5) is 0. The Hall–Kier alpha value is -6.05. The highest BCUT2D eigenvalue weighted by Crippen LogP contribution is 2.43. The molecule has 81 heavy (non-hydrogen) atoms. The summed E-state index contributed by atoms with van der Waals surface area (Å²) >= 11 is 0. The first-order valence-corrected chi connectivity index (χ1v) is 31.9. The summed E-state index contributed by atoms with van der Waals surface area (Å²) in [5.41, 5.74) is 20.5. The van der Waals surface area contributed by atoms with E-state index in [1.807, 2.05) is 74.5 Å². The molecule has 0 amide bonds. The van der Waals surface area contributed by atoms with Crippen molar-refractivity contribution in [1.82, 2.24) is 0 Å². The molecule has 0 aliphatic heterocycles. The fourth-order valence-corrected chi connectivity index (χ4v) is 13.8. The standard InChI is InChI=1S/C20H17F.2C20H28.C20H24.3H2/c1-14-3-7-16(8-4-14)18-11-12-19(20(21)13-18)17-9-5-15(2)6-10-17;3*1-15-3-7-17(8-4-15)19-11-13-20(14-12-19)18-9-5-16(2)6-10-18;;;/h3-13H,1-2H3;3-4,7-8,13,16,18-19H,5-6,9-12,14H2,1-2H3;3-4,7-8,11,16,18,20H,5-6,9-10,12-14H2,1-2H3;3-4,7-8,11-14,16,18H,5-6,9-10H2,1-2H3;3*1H. The Labute approximate surface area is 495 Å². The Morgan fingerprint density at radius 3 is 1.17 bits per heavy atom. The van der Waals surface area contributed by atoms with E-state index in [1.54, 1.807) is 22.8 Å². The van der Waals surface area contributed by atoms with Crippen LogP contribution in [0.4, 0.5) is 4.39 Å². The smallest absolute Gasteiger partial charge is 0.131 e. The molecule has 2 atom stereocenters. The van der Waals surface area contributed by atoms with Gasteiger partial charge in [-0.15, -0.1) is 0 Å². The van der Waals surface area contributed by atoms with Crippen molar-refractivity contribution in [2.24, 2.45) is 35.5 Å². The van der Waals surface area contributed by atoms with Crippen LogP contribution in [0.2, 0.25) is 0 Å². The number of allylic oxidation sites excluding steroid dienone is 4. The first-order chi connectivity index (χ1) is 39.3. The van der Waals surface area contributed by atoms with Gasteiger partial charge in [0.15, 0.2) is 0 Å². The molecule has 0 saturated heterocycles. The van der Waals surface area contributed by atoms with Crippen LogP contribution in [0.1, 0.15) is 197 Å². The SMILES string of the molecule is Cc1ccc(-c2ccc(-c3ccc(C)cc3)c(F)c2)cc1.Cc1ccc(-c2ccc(C3CCC(C)CC3)cc2)cc1.Cc1ccc(C2=CCC(C3CCC(C)CC3)CC2)cc1.Cc1ccc(C2CC=C(C3CCC(C)CC3)CC2)cc1.[HH].[HH].[HH]. The minimum Gasteiger partial charge on any atom is -0.206 e. The first-order valence-electron chi connectivity index (χ1n) is 31.9. The lowest BCUT2D eigenvalue weighted by Gasteiger charge is -2.34. The largest absolute Gasteiger partial charge is 0.206 e. The van der Waals surface area contributed by atoms with Crippen molar-refractivity contribution in [1.29, 1.82) is 0 Å². The molecular weight excluding hydrogens is 980 g/mol. The highest BCUT2D eigenvalue weighted by molar-refractivity contribution is 5.71. The molecule has 7 aromatic carbocycles. The van der Waals surface area contributed by atoms with Crippen LogP contribution in [-0.2, 0) is 0 Å². The Morgan fingerprint density at radius 2 is 0.716 bits per heavy atom. The molecule has 0 aromatic heterocycles. The van der Waals surface area contributed by atoms with Crippen LogP contribution >= 0.6 is 0 Å². The lowest BCUT2D eigenvalue weighted by atomic mass is 9.71. The van der Waals surface area contributed by atoms with Crippen LogP contribution in [0.3, 0.4) is 0 Å². The predicted octanol–water partition coefficient (Wildman–Crippen LogP) is 24.5. The monoisotopic (exact) mass is 1080 g/mol. The zero-order chi connectivity index (χ0) is 56.7. The summed E-state index contributed by atoms with van der Waals surface area (Å²) in [5, 5.41) is 0. The van der Waals surface area contributed by atoms with Gasteiger partial charge in [-0.3, -0.25) is 0 Å². The number of halogens is 1. The topological polar surface area (TPSA) is 0 Å². The Morgan fingerprint density at radius 1 is 0.321 bits per heavy atom. The average Bonchev–Trinajstić information content (AvgIpc) is 3.57. The molecule has 0 heterocycles. The van der Waals surface area contributed by atoms with Gasteiger partial charge in [0, 0.05) is 9.84 Å². The van der Waals surface area contributed by atoms with E-state index in [1.165, 1.54) is 166 Å². The van der Waals surface area contributed by atoms with Crippen molar-refractivity contribution in [2.45, 2.75) is 183 Å². The third kappa shape index (κ3) is 17.3. The molecule has 5 aliphatic rings. The minimum atomic E-state index is -0.183. The summed E-state index contributed by atoms with van der Waals surface area (Å²) in [6.07, 6.45) is 30.3. The van der Waals surface area contributed by atoms with Gasteiger partial charge in [-0.05, 0) is 215 Å². The molecule has 3 fully saturated rings. The van der Waals surface area contributed by atoms with Crippen LogP contribution in [0.25, 0.3) is 39.0 Å². The van der Waals surface area contributed by atoms with Gasteiger partial charge in [0.25, 0.3) is 0 Å². The maximum Gasteiger partial charge on any atom is 0.131 e. The number of hydrogen-bond acceptors (Lipinski definition) is 0. The molecule has 0 bridgehead atoms. The molecule has 3 saturated carbocycles. The van der Waals surface area contributed by atoms with Gasteiger partial charge in [-0.1, -0.05) is 263 Å². The molecule has 5 aliphatic carbocycles. The molecule has 12 rings (SSSR count). The van der Waals surface area contributed by atoms with Gasteiger partial charge in [0.05, 0.1) is 0 Å². The number of rotatable bonds is 8. The summed E-state index contributed by atoms with van der Waals surface area (Å²) < 4.78 is 14.4. The van der Waals surface area contributed by atoms with E-state index in [0.29, 0.717) is 5.56 Å². The maximum absolute atomic E-state index is 14.4. The van der Waals surface area contributed by atoms with E-state index in [-0.39, 0.29) is 10.1 Å². The predicted molar refractivity (Wildman–Crippen MR) is 355 cm³/mol. The van der Waals surface area contributed by atoms with E-state index in [0.717, 1.165) is 64.0 Å². The quantitative estimate of drug-likeness (QED) is 0.133. The van der Waals surface area contributed by atoms with E-state index < -0.39 is 0 Å². The van der Waals surface area contributed by atoms with E-state index >= 15 is 0 Å². The minimum absolute atomic E-state index is 0. The van der Waals surface area contributed by atoms with Crippen molar-refractivity contribution in [3.8, 4) is 33.4 Å². The van der Waals surface area contributed by atoms with Gasteiger partial charge in [-0.25, -0.2) is 4.39 Å². The Balaban J connectivity index is 0.000000178. The van der Waals surface area contributed by atoms with Crippen LogP contribution in [0.5, 0.6) is 0 Å². The van der Waals surface area contributed by atoms with Crippen LogP contribution < -0.4 is 0 Å². The first kappa shape index (κ1) is 59.6. The normalized spacial score (nSPS) is 23.6.